The summed E-state index contributed by atoms with van der Waals surface area (Å²) >= 11 is 6.56. The Morgan fingerprint density at radius 3 is 2.56 bits per heavy atom. The highest BCUT2D eigenvalue weighted by atomic mass is 35.5. The summed E-state index contributed by atoms with van der Waals surface area (Å²) in [4.78, 5) is 39.3. The van der Waals surface area contributed by atoms with Crippen molar-refractivity contribution < 1.29 is 27.9 Å². The van der Waals surface area contributed by atoms with Crippen LogP contribution in [0.25, 0.3) is 0 Å². The molecule has 2 N–H and O–H groups in total. The standard InChI is InChI=1S/C30H28ClF3N6O3/c31-23-7-2-1-6-22(23)26(27(42)37-19-10-13-30(33,34)14-11-19)39(21-5-3-4-18(32)16-21)28(43)24-8-9-25(41)40(24)29-36-15-12-20(17-35)38-29/h1-7,12,15-16,19,24-26,41H,8-11,13-14H2,(H,37,42)/t24-,25?,26-/m0/s1. The number of aromatic nitrogens is 2. The van der Waals surface area contributed by atoms with E-state index in [1.165, 1.54) is 35.4 Å². The van der Waals surface area contributed by atoms with E-state index in [0.29, 0.717) is 0 Å². The van der Waals surface area contributed by atoms with Crippen LogP contribution in [0.4, 0.5) is 24.8 Å². The maximum atomic E-state index is 14.6. The third kappa shape index (κ3) is 6.58. The molecule has 9 nitrogen and oxygen atoms in total. The summed E-state index contributed by atoms with van der Waals surface area (Å²) in [6.45, 7) is 0. The van der Waals surface area contributed by atoms with Gasteiger partial charge in [-0.25, -0.2) is 23.1 Å². The first-order valence-corrected chi connectivity index (χ1v) is 14.2. The Labute approximate surface area is 250 Å². The smallest absolute Gasteiger partial charge is 0.250 e. The van der Waals surface area contributed by atoms with Crippen molar-refractivity contribution in [2.45, 2.75) is 68.8 Å². The van der Waals surface area contributed by atoms with Crippen LogP contribution in [0, 0.1) is 17.1 Å². The number of aliphatic hydroxyl groups excluding tert-OH is 1. The Morgan fingerprint density at radius 1 is 1.12 bits per heavy atom. The van der Waals surface area contributed by atoms with Crippen molar-refractivity contribution in [1.82, 2.24) is 15.3 Å². The van der Waals surface area contributed by atoms with E-state index in [-0.39, 0.29) is 53.6 Å². The SMILES string of the molecule is N#Cc1ccnc(N2C(O)CC[C@H]2C(=O)N(c2cccc(F)c2)[C@H](C(=O)NC2CCC(F)(F)CC2)c2ccccc2Cl)n1. The van der Waals surface area contributed by atoms with E-state index in [2.05, 4.69) is 15.3 Å². The van der Waals surface area contributed by atoms with Crippen molar-refractivity contribution in [2.75, 3.05) is 9.80 Å². The summed E-state index contributed by atoms with van der Waals surface area (Å²) in [6, 6.07) is 11.7. The van der Waals surface area contributed by atoms with Gasteiger partial charge >= 0.3 is 0 Å². The van der Waals surface area contributed by atoms with Gasteiger partial charge in [0.25, 0.3) is 5.91 Å². The molecule has 5 rings (SSSR count). The molecule has 1 aliphatic carbocycles. The molecule has 3 atom stereocenters. The molecule has 2 aromatic carbocycles. The summed E-state index contributed by atoms with van der Waals surface area (Å²) in [5.41, 5.74) is 0.283. The summed E-state index contributed by atoms with van der Waals surface area (Å²) < 4.78 is 42.3. The Balaban J connectivity index is 1.59. The van der Waals surface area contributed by atoms with Crippen molar-refractivity contribution in [3.8, 4) is 6.07 Å². The van der Waals surface area contributed by atoms with Gasteiger partial charge in [0.1, 0.15) is 35.9 Å². The number of carbonyl (C=O) groups excluding carboxylic acids is 2. The topological polar surface area (TPSA) is 122 Å². The van der Waals surface area contributed by atoms with Crippen molar-refractivity contribution >= 4 is 35.1 Å². The van der Waals surface area contributed by atoms with Crippen LogP contribution >= 0.6 is 11.6 Å². The predicted octanol–water partition coefficient (Wildman–Crippen LogP) is 4.90. The van der Waals surface area contributed by atoms with Crippen LogP contribution in [0.1, 0.15) is 55.8 Å². The van der Waals surface area contributed by atoms with Crippen LogP contribution in [-0.4, -0.2) is 51.1 Å². The number of nitrogens with one attached hydrogen (secondary N) is 1. The Bertz CT molecular complexity index is 1540. The molecule has 13 heteroatoms. The van der Waals surface area contributed by atoms with Gasteiger partial charge in [-0.05, 0) is 56.0 Å². The van der Waals surface area contributed by atoms with Gasteiger partial charge in [-0.1, -0.05) is 35.9 Å². The molecule has 1 aliphatic heterocycles. The zero-order valence-electron chi connectivity index (χ0n) is 22.8. The van der Waals surface area contributed by atoms with Crippen molar-refractivity contribution in [2.24, 2.45) is 0 Å². The number of aliphatic hydroxyl groups is 1. The molecule has 0 bridgehead atoms. The fourth-order valence-electron chi connectivity index (χ4n) is 5.59. The summed E-state index contributed by atoms with van der Waals surface area (Å²) in [6.07, 6.45) is -0.295. The second kappa shape index (κ2) is 12.6. The molecule has 43 heavy (non-hydrogen) atoms. The second-order valence-corrected chi connectivity index (χ2v) is 11.0. The molecule has 2 aliphatic rings. The molecule has 2 amide bonds. The van der Waals surface area contributed by atoms with E-state index in [9.17, 15) is 33.1 Å². The van der Waals surface area contributed by atoms with Crippen LogP contribution in [-0.2, 0) is 9.59 Å². The van der Waals surface area contributed by atoms with E-state index >= 15 is 0 Å². The zero-order valence-corrected chi connectivity index (χ0v) is 23.6. The number of nitrogens with zero attached hydrogens (tertiary/aromatic N) is 5. The Hall–Kier alpha value is -4.21. The van der Waals surface area contributed by atoms with Gasteiger partial charge in [-0.2, -0.15) is 5.26 Å². The summed E-state index contributed by atoms with van der Waals surface area (Å²) in [5.74, 6) is -4.93. The number of hydrogen-bond donors (Lipinski definition) is 2. The molecule has 1 unspecified atom stereocenters. The van der Waals surface area contributed by atoms with E-state index in [4.69, 9.17) is 11.6 Å². The monoisotopic (exact) mass is 612 g/mol. The predicted molar refractivity (Wildman–Crippen MR) is 152 cm³/mol. The molecular weight excluding hydrogens is 585 g/mol. The van der Waals surface area contributed by atoms with Crippen LogP contribution in [0.5, 0.6) is 0 Å². The van der Waals surface area contributed by atoms with E-state index in [0.717, 1.165) is 11.0 Å². The number of halogens is 4. The zero-order chi connectivity index (χ0) is 30.7. The number of nitriles is 1. The fraction of sp³-hybridized carbons (Fsp3) is 0.367. The second-order valence-electron chi connectivity index (χ2n) is 10.6. The normalized spacial score (nSPS) is 20.7. The van der Waals surface area contributed by atoms with Crippen molar-refractivity contribution in [3.63, 3.8) is 0 Å². The van der Waals surface area contributed by atoms with Gasteiger partial charge in [-0.15, -0.1) is 0 Å². The number of amides is 2. The average Bonchev–Trinajstić information content (AvgIpc) is 3.38. The molecule has 224 valence electrons. The summed E-state index contributed by atoms with van der Waals surface area (Å²) in [5, 5.41) is 23.2. The van der Waals surface area contributed by atoms with Gasteiger partial charge in [-0.3, -0.25) is 14.5 Å². The molecule has 2 heterocycles. The molecule has 3 aromatic rings. The van der Waals surface area contributed by atoms with E-state index < -0.39 is 60.7 Å². The van der Waals surface area contributed by atoms with Crippen LogP contribution in [0.15, 0.2) is 60.8 Å². The van der Waals surface area contributed by atoms with Crippen LogP contribution in [0.2, 0.25) is 5.02 Å². The summed E-state index contributed by atoms with van der Waals surface area (Å²) in [7, 11) is 0. The minimum atomic E-state index is -2.81. The molecule has 0 radical (unpaired) electrons. The lowest BCUT2D eigenvalue weighted by Crippen LogP contribution is -2.54. The maximum Gasteiger partial charge on any atom is 0.250 e. The van der Waals surface area contributed by atoms with Gasteiger partial charge in [0.2, 0.25) is 17.8 Å². The first-order valence-electron chi connectivity index (χ1n) is 13.8. The Morgan fingerprint density at radius 2 is 1.86 bits per heavy atom. The lowest BCUT2D eigenvalue weighted by molar-refractivity contribution is -0.128. The van der Waals surface area contributed by atoms with Gasteiger partial charge in [0.15, 0.2) is 0 Å². The first-order chi connectivity index (χ1) is 20.6. The number of rotatable bonds is 7. The van der Waals surface area contributed by atoms with E-state index in [1.54, 1.807) is 24.3 Å². The molecule has 0 spiro atoms. The van der Waals surface area contributed by atoms with Gasteiger partial charge in [0, 0.05) is 41.4 Å². The quantitative estimate of drug-likeness (QED) is 0.389. The van der Waals surface area contributed by atoms with Gasteiger partial charge < -0.3 is 15.3 Å². The fourth-order valence-corrected chi connectivity index (χ4v) is 5.83. The minimum absolute atomic E-state index is 0.0173. The first kappa shape index (κ1) is 30.3. The van der Waals surface area contributed by atoms with E-state index in [1.807, 2.05) is 6.07 Å². The molecule has 1 saturated heterocycles. The number of alkyl halides is 2. The number of anilines is 2. The highest BCUT2D eigenvalue weighted by molar-refractivity contribution is 6.31. The lowest BCUT2D eigenvalue weighted by atomic mass is 9.91. The van der Waals surface area contributed by atoms with Crippen molar-refractivity contribution in [1.29, 1.82) is 5.26 Å². The maximum absolute atomic E-state index is 14.6. The average molecular weight is 613 g/mol. The molecule has 1 aromatic heterocycles. The highest BCUT2D eigenvalue weighted by Crippen LogP contribution is 2.38. The van der Waals surface area contributed by atoms with Gasteiger partial charge in [0.05, 0.1) is 0 Å². The number of benzene rings is 2. The van der Waals surface area contributed by atoms with Crippen LogP contribution in [0.3, 0.4) is 0 Å². The molecular formula is C30H28ClF3N6O3. The largest absolute Gasteiger partial charge is 0.373 e. The molecule has 1 saturated carbocycles. The minimum Gasteiger partial charge on any atom is -0.373 e. The lowest BCUT2D eigenvalue weighted by Gasteiger charge is -2.37. The van der Waals surface area contributed by atoms with Crippen LogP contribution < -0.4 is 15.1 Å². The highest BCUT2D eigenvalue weighted by Gasteiger charge is 2.45. The number of hydrogen-bond acceptors (Lipinski definition) is 7. The third-order valence-corrected chi connectivity index (χ3v) is 8.07. The Kier molecular flexibility index (Phi) is 8.84. The molecule has 2 fully saturated rings. The van der Waals surface area contributed by atoms with Crippen molar-refractivity contribution in [3.05, 3.63) is 82.9 Å². The third-order valence-electron chi connectivity index (χ3n) is 7.72. The number of carbonyl (C=O) groups is 2.